The van der Waals surface area contributed by atoms with Crippen molar-refractivity contribution in [2.45, 2.75) is 25.6 Å². The molecule has 5 heteroatoms. The van der Waals surface area contributed by atoms with Gasteiger partial charge in [-0.3, -0.25) is 4.90 Å². The first-order chi connectivity index (χ1) is 13.7. The smallest absolute Gasteiger partial charge is 0.101 e. The first-order valence-corrected chi connectivity index (χ1v) is 10.7. The lowest BCUT2D eigenvalue weighted by Crippen LogP contribution is -2.37. The van der Waals surface area contributed by atoms with Gasteiger partial charge in [0.1, 0.15) is 6.07 Å². The fourth-order valence-corrected chi connectivity index (χ4v) is 4.78. The van der Waals surface area contributed by atoms with Crippen molar-refractivity contribution in [2.75, 3.05) is 18.0 Å². The van der Waals surface area contributed by atoms with Crippen molar-refractivity contribution in [1.29, 1.82) is 5.26 Å². The predicted molar refractivity (Wildman–Crippen MR) is 117 cm³/mol. The van der Waals surface area contributed by atoms with E-state index in [4.69, 9.17) is 11.6 Å². The van der Waals surface area contributed by atoms with Gasteiger partial charge < -0.3 is 4.90 Å². The van der Waals surface area contributed by atoms with E-state index in [0.29, 0.717) is 16.6 Å². The molecule has 1 saturated heterocycles. The summed E-state index contributed by atoms with van der Waals surface area (Å²) in [6.45, 7) is 3.97. The van der Waals surface area contributed by atoms with Crippen molar-refractivity contribution in [3.8, 4) is 6.07 Å². The molecule has 1 atom stereocenters. The molecule has 3 aromatic rings. The van der Waals surface area contributed by atoms with Gasteiger partial charge in [0.05, 0.1) is 10.6 Å². The lowest BCUT2D eigenvalue weighted by atomic mass is 10.1. The largest absolute Gasteiger partial charge is 0.363 e. The second-order valence-corrected chi connectivity index (χ2v) is 8.59. The van der Waals surface area contributed by atoms with Crippen LogP contribution < -0.4 is 4.90 Å². The summed E-state index contributed by atoms with van der Waals surface area (Å²) in [4.78, 5) is 6.38. The summed E-state index contributed by atoms with van der Waals surface area (Å²) < 4.78 is 0. The van der Waals surface area contributed by atoms with Crippen LogP contribution in [-0.2, 0) is 13.1 Å². The number of hydrogen-bond donors (Lipinski definition) is 0. The molecular formula is C23H22ClN3S. The van der Waals surface area contributed by atoms with Gasteiger partial charge in [-0.25, -0.2) is 0 Å². The zero-order chi connectivity index (χ0) is 19.3. The molecule has 0 bridgehead atoms. The Labute approximate surface area is 175 Å². The van der Waals surface area contributed by atoms with Gasteiger partial charge in [-0.15, -0.1) is 11.3 Å². The van der Waals surface area contributed by atoms with Crippen LogP contribution in [0.1, 0.15) is 22.4 Å². The molecule has 28 heavy (non-hydrogen) atoms. The van der Waals surface area contributed by atoms with Crippen LogP contribution in [0.3, 0.4) is 0 Å². The fraction of sp³-hybridized carbons (Fsp3) is 0.261. The number of nitriles is 1. The second-order valence-electron chi connectivity index (χ2n) is 7.15. The van der Waals surface area contributed by atoms with Crippen molar-refractivity contribution in [3.63, 3.8) is 0 Å². The molecule has 142 valence electrons. The predicted octanol–water partition coefficient (Wildman–Crippen LogP) is 5.55. The quantitative estimate of drug-likeness (QED) is 0.536. The Bertz CT molecular complexity index is 950. The van der Waals surface area contributed by atoms with E-state index in [1.807, 2.05) is 35.6 Å². The summed E-state index contributed by atoms with van der Waals surface area (Å²) in [5.74, 6) is 0. The van der Waals surface area contributed by atoms with Crippen LogP contribution in [0.4, 0.5) is 5.69 Å². The van der Waals surface area contributed by atoms with Crippen molar-refractivity contribution in [1.82, 2.24) is 4.90 Å². The first kappa shape index (κ1) is 19.0. The number of rotatable bonds is 6. The van der Waals surface area contributed by atoms with E-state index in [9.17, 15) is 5.26 Å². The molecule has 0 amide bonds. The third-order valence-electron chi connectivity index (χ3n) is 5.25. The van der Waals surface area contributed by atoms with E-state index in [-0.39, 0.29) is 0 Å². The normalized spacial score (nSPS) is 16.8. The van der Waals surface area contributed by atoms with Crippen LogP contribution in [0.15, 0.2) is 66.0 Å². The Morgan fingerprint density at radius 1 is 1.14 bits per heavy atom. The molecular weight excluding hydrogens is 386 g/mol. The number of halogens is 1. The minimum atomic E-state index is 0.421. The fourth-order valence-electron chi connectivity index (χ4n) is 3.82. The highest BCUT2D eigenvalue weighted by atomic mass is 35.5. The van der Waals surface area contributed by atoms with Crippen molar-refractivity contribution >= 4 is 28.6 Å². The van der Waals surface area contributed by atoms with Crippen molar-refractivity contribution in [2.24, 2.45) is 0 Å². The van der Waals surface area contributed by atoms with E-state index in [1.165, 1.54) is 10.4 Å². The summed E-state index contributed by atoms with van der Waals surface area (Å²) in [5.41, 5.74) is 2.88. The molecule has 1 fully saturated rings. The third-order valence-corrected chi connectivity index (χ3v) is 6.42. The number of thiophene rings is 1. The van der Waals surface area contributed by atoms with E-state index >= 15 is 0 Å². The van der Waals surface area contributed by atoms with Crippen LogP contribution in [-0.4, -0.2) is 24.0 Å². The number of anilines is 1. The highest BCUT2D eigenvalue weighted by molar-refractivity contribution is 7.09. The van der Waals surface area contributed by atoms with Crippen LogP contribution in [0, 0.1) is 11.3 Å². The molecule has 1 aromatic heterocycles. The topological polar surface area (TPSA) is 30.3 Å². The molecule has 0 saturated carbocycles. The Balaban J connectivity index is 1.56. The van der Waals surface area contributed by atoms with Crippen LogP contribution in [0.2, 0.25) is 5.02 Å². The maximum atomic E-state index is 9.20. The molecule has 1 aliphatic heterocycles. The van der Waals surface area contributed by atoms with E-state index in [1.54, 1.807) is 0 Å². The summed E-state index contributed by atoms with van der Waals surface area (Å²) in [7, 11) is 0. The molecule has 4 rings (SSSR count). The molecule has 0 N–H and O–H groups in total. The van der Waals surface area contributed by atoms with Gasteiger partial charge >= 0.3 is 0 Å². The zero-order valence-electron chi connectivity index (χ0n) is 15.6. The summed E-state index contributed by atoms with van der Waals surface area (Å²) >= 11 is 8.17. The van der Waals surface area contributed by atoms with Gasteiger partial charge in [-0.05, 0) is 41.6 Å². The average Bonchev–Trinajstić information content (AvgIpc) is 3.39. The standard InChI is InChI=1S/C23H22ClN3S/c24-23-13-20(9-8-19(23)14-25)27(15-18-5-2-1-3-6-18)21-10-11-26(16-21)17-22-7-4-12-28-22/h1-9,12-13,21H,10-11,15-17H2/t21-/m0/s1. The van der Waals surface area contributed by atoms with Gasteiger partial charge in [-0.1, -0.05) is 48.0 Å². The Kier molecular flexibility index (Phi) is 5.97. The van der Waals surface area contributed by atoms with E-state index < -0.39 is 0 Å². The summed E-state index contributed by atoms with van der Waals surface area (Å²) in [6, 6.07) is 23.2. The Hall–Kier alpha value is -2.32. The lowest BCUT2D eigenvalue weighted by Gasteiger charge is -2.32. The first-order valence-electron chi connectivity index (χ1n) is 9.48. The average molecular weight is 408 g/mol. The Morgan fingerprint density at radius 2 is 2.00 bits per heavy atom. The monoisotopic (exact) mass is 407 g/mol. The number of nitrogens with zero attached hydrogens (tertiary/aromatic N) is 3. The van der Waals surface area contributed by atoms with Crippen LogP contribution >= 0.6 is 22.9 Å². The van der Waals surface area contributed by atoms with Gasteiger partial charge in [0.25, 0.3) is 0 Å². The maximum absolute atomic E-state index is 9.20. The van der Waals surface area contributed by atoms with Gasteiger partial charge in [0.2, 0.25) is 0 Å². The van der Waals surface area contributed by atoms with E-state index in [0.717, 1.165) is 38.3 Å². The Morgan fingerprint density at radius 3 is 2.71 bits per heavy atom. The van der Waals surface area contributed by atoms with Crippen LogP contribution in [0.25, 0.3) is 0 Å². The van der Waals surface area contributed by atoms with Gasteiger partial charge in [0.15, 0.2) is 0 Å². The molecule has 2 aromatic carbocycles. The maximum Gasteiger partial charge on any atom is 0.101 e. The molecule has 2 heterocycles. The highest BCUT2D eigenvalue weighted by Crippen LogP contribution is 2.30. The minimum Gasteiger partial charge on any atom is -0.363 e. The lowest BCUT2D eigenvalue weighted by molar-refractivity contribution is 0.327. The van der Waals surface area contributed by atoms with Crippen molar-refractivity contribution < 1.29 is 0 Å². The number of hydrogen-bond acceptors (Lipinski definition) is 4. The van der Waals surface area contributed by atoms with Gasteiger partial charge in [-0.2, -0.15) is 5.26 Å². The molecule has 0 aliphatic carbocycles. The van der Waals surface area contributed by atoms with Gasteiger partial charge in [0, 0.05) is 42.8 Å². The third kappa shape index (κ3) is 4.39. The van der Waals surface area contributed by atoms with Crippen molar-refractivity contribution in [3.05, 3.63) is 87.1 Å². The zero-order valence-corrected chi connectivity index (χ0v) is 17.2. The SMILES string of the molecule is N#Cc1ccc(N(Cc2ccccc2)[C@H]2CCN(Cc3cccs3)C2)cc1Cl. The summed E-state index contributed by atoms with van der Waals surface area (Å²) in [6.07, 6.45) is 1.12. The van der Waals surface area contributed by atoms with Crippen LogP contribution in [0.5, 0.6) is 0 Å². The molecule has 0 spiro atoms. The molecule has 1 aliphatic rings. The highest BCUT2D eigenvalue weighted by Gasteiger charge is 2.28. The number of benzene rings is 2. The number of likely N-dealkylation sites (tertiary alicyclic amines) is 1. The van der Waals surface area contributed by atoms with E-state index in [2.05, 4.69) is 57.6 Å². The molecule has 0 radical (unpaired) electrons. The molecule has 0 unspecified atom stereocenters. The molecule has 3 nitrogen and oxygen atoms in total. The second kappa shape index (κ2) is 8.79. The minimum absolute atomic E-state index is 0.421. The summed E-state index contributed by atoms with van der Waals surface area (Å²) in [5, 5.41) is 11.9.